The fourth-order valence-corrected chi connectivity index (χ4v) is 3.54. The fraction of sp³-hybridized carbons (Fsp3) is 1.00. The summed E-state index contributed by atoms with van der Waals surface area (Å²) in [6.07, 6.45) is 6.88. The molecule has 1 rings (SSSR count). The lowest BCUT2D eigenvalue weighted by Crippen LogP contribution is -2.31. The van der Waals surface area contributed by atoms with E-state index < -0.39 is 0 Å². The van der Waals surface area contributed by atoms with E-state index in [1.165, 1.54) is 32.1 Å². The summed E-state index contributed by atoms with van der Waals surface area (Å²) in [7, 11) is 0. The van der Waals surface area contributed by atoms with E-state index in [1.54, 1.807) is 0 Å². The molecule has 0 bridgehead atoms. The van der Waals surface area contributed by atoms with Crippen LogP contribution in [0, 0.1) is 17.8 Å². The van der Waals surface area contributed by atoms with E-state index in [-0.39, 0.29) is 5.60 Å². The predicted octanol–water partition coefficient (Wildman–Crippen LogP) is 4.65. The summed E-state index contributed by atoms with van der Waals surface area (Å²) < 4.78 is 5.84. The van der Waals surface area contributed by atoms with Crippen molar-refractivity contribution in [2.75, 3.05) is 6.61 Å². The Morgan fingerprint density at radius 2 is 1.69 bits per heavy atom. The van der Waals surface area contributed by atoms with E-state index in [1.807, 2.05) is 0 Å². The predicted molar refractivity (Wildman–Crippen MR) is 70.6 cm³/mol. The normalized spacial score (nSPS) is 31.7. The number of hydrogen-bond acceptors (Lipinski definition) is 1. The largest absolute Gasteiger partial charge is 0.376 e. The van der Waals surface area contributed by atoms with E-state index in [9.17, 15) is 0 Å². The van der Waals surface area contributed by atoms with Gasteiger partial charge in [-0.25, -0.2) is 0 Å². The molecule has 3 atom stereocenters. The summed E-state index contributed by atoms with van der Waals surface area (Å²) in [6.45, 7) is 12.2. The van der Waals surface area contributed by atoms with Gasteiger partial charge in [0.05, 0.1) is 5.60 Å². The zero-order valence-electron chi connectivity index (χ0n) is 11.9. The first-order valence-corrected chi connectivity index (χ1v) is 7.10. The first-order valence-electron chi connectivity index (χ1n) is 7.10. The molecule has 96 valence electrons. The van der Waals surface area contributed by atoms with Crippen LogP contribution in [0.25, 0.3) is 0 Å². The molecule has 0 aromatic heterocycles. The monoisotopic (exact) mass is 226 g/mol. The van der Waals surface area contributed by atoms with Crippen LogP contribution in [0.2, 0.25) is 0 Å². The SMILES string of the molecule is CCOC(C)(C)CC1CC(C)CC(CC)C1. The van der Waals surface area contributed by atoms with Crippen LogP contribution in [-0.4, -0.2) is 12.2 Å². The van der Waals surface area contributed by atoms with Crippen LogP contribution in [-0.2, 0) is 4.74 Å². The summed E-state index contributed by atoms with van der Waals surface area (Å²) in [5.74, 6) is 2.77. The average Bonchev–Trinajstić information content (AvgIpc) is 2.15. The van der Waals surface area contributed by atoms with Crippen molar-refractivity contribution in [1.82, 2.24) is 0 Å². The first kappa shape index (κ1) is 14.0. The van der Waals surface area contributed by atoms with Gasteiger partial charge in [0.2, 0.25) is 0 Å². The van der Waals surface area contributed by atoms with Gasteiger partial charge in [-0.1, -0.05) is 20.3 Å². The van der Waals surface area contributed by atoms with E-state index in [4.69, 9.17) is 4.74 Å². The van der Waals surface area contributed by atoms with Crippen LogP contribution < -0.4 is 0 Å². The van der Waals surface area contributed by atoms with Crippen molar-refractivity contribution in [3.63, 3.8) is 0 Å². The molecule has 16 heavy (non-hydrogen) atoms. The average molecular weight is 226 g/mol. The molecule has 0 saturated heterocycles. The quantitative estimate of drug-likeness (QED) is 0.663. The molecule has 0 aromatic rings. The van der Waals surface area contributed by atoms with Gasteiger partial charge in [0.1, 0.15) is 0 Å². The maximum atomic E-state index is 5.84. The Morgan fingerprint density at radius 1 is 1.06 bits per heavy atom. The zero-order chi connectivity index (χ0) is 12.2. The van der Waals surface area contributed by atoms with E-state index in [0.29, 0.717) is 0 Å². The topological polar surface area (TPSA) is 9.23 Å². The lowest BCUT2D eigenvalue weighted by atomic mass is 9.72. The van der Waals surface area contributed by atoms with Crippen molar-refractivity contribution in [3.05, 3.63) is 0 Å². The third-order valence-corrected chi connectivity index (χ3v) is 4.03. The summed E-state index contributed by atoms with van der Waals surface area (Å²) in [6, 6.07) is 0. The maximum absolute atomic E-state index is 5.84. The third kappa shape index (κ3) is 4.45. The summed E-state index contributed by atoms with van der Waals surface area (Å²) in [5, 5.41) is 0. The molecule has 0 radical (unpaired) electrons. The summed E-state index contributed by atoms with van der Waals surface area (Å²) in [5.41, 5.74) is 0.0781. The standard InChI is InChI=1S/C15H30O/c1-6-13-8-12(3)9-14(10-13)11-15(4,5)16-7-2/h12-14H,6-11H2,1-5H3. The van der Waals surface area contributed by atoms with Crippen LogP contribution in [0.1, 0.15) is 66.7 Å². The smallest absolute Gasteiger partial charge is 0.0629 e. The van der Waals surface area contributed by atoms with Crippen LogP contribution >= 0.6 is 0 Å². The Morgan fingerprint density at radius 3 is 2.25 bits per heavy atom. The molecule has 1 nitrogen and oxygen atoms in total. The molecular formula is C15H30O. The molecule has 0 spiro atoms. The van der Waals surface area contributed by atoms with Gasteiger partial charge >= 0.3 is 0 Å². The van der Waals surface area contributed by atoms with Crippen LogP contribution in [0.15, 0.2) is 0 Å². The van der Waals surface area contributed by atoms with E-state index in [0.717, 1.165) is 24.4 Å². The Kier molecular flexibility index (Phi) is 5.30. The van der Waals surface area contributed by atoms with Crippen LogP contribution in [0.4, 0.5) is 0 Å². The number of ether oxygens (including phenoxy) is 1. The van der Waals surface area contributed by atoms with Gasteiger partial charge in [-0.05, 0) is 64.2 Å². The Labute approximate surface area is 102 Å². The van der Waals surface area contributed by atoms with Gasteiger partial charge in [0.15, 0.2) is 0 Å². The highest BCUT2D eigenvalue weighted by atomic mass is 16.5. The first-order chi connectivity index (χ1) is 7.46. The minimum Gasteiger partial charge on any atom is -0.376 e. The molecular weight excluding hydrogens is 196 g/mol. The molecule has 0 aliphatic heterocycles. The highest BCUT2D eigenvalue weighted by Gasteiger charge is 2.30. The molecule has 0 heterocycles. The van der Waals surface area contributed by atoms with Crippen molar-refractivity contribution in [1.29, 1.82) is 0 Å². The lowest BCUT2D eigenvalue weighted by molar-refractivity contribution is -0.0354. The van der Waals surface area contributed by atoms with Gasteiger partial charge in [-0.3, -0.25) is 0 Å². The third-order valence-electron chi connectivity index (χ3n) is 4.03. The van der Waals surface area contributed by atoms with Crippen molar-refractivity contribution in [2.24, 2.45) is 17.8 Å². The molecule has 1 fully saturated rings. The minimum absolute atomic E-state index is 0.0781. The summed E-state index contributed by atoms with van der Waals surface area (Å²) in [4.78, 5) is 0. The molecule has 1 aliphatic carbocycles. The van der Waals surface area contributed by atoms with E-state index >= 15 is 0 Å². The molecule has 0 N–H and O–H groups in total. The number of hydrogen-bond donors (Lipinski definition) is 0. The molecule has 1 heteroatoms. The zero-order valence-corrected chi connectivity index (χ0v) is 11.9. The van der Waals surface area contributed by atoms with Gasteiger partial charge < -0.3 is 4.74 Å². The lowest BCUT2D eigenvalue weighted by Gasteiger charge is -2.37. The van der Waals surface area contributed by atoms with Gasteiger partial charge in [-0.15, -0.1) is 0 Å². The highest BCUT2D eigenvalue weighted by molar-refractivity contribution is 4.81. The minimum atomic E-state index is 0.0781. The van der Waals surface area contributed by atoms with E-state index in [2.05, 4.69) is 34.6 Å². The van der Waals surface area contributed by atoms with Crippen molar-refractivity contribution in [3.8, 4) is 0 Å². The van der Waals surface area contributed by atoms with Crippen LogP contribution in [0.5, 0.6) is 0 Å². The van der Waals surface area contributed by atoms with Crippen molar-refractivity contribution in [2.45, 2.75) is 72.3 Å². The molecule has 0 amide bonds. The number of rotatable bonds is 5. The highest BCUT2D eigenvalue weighted by Crippen LogP contribution is 2.39. The molecule has 3 unspecified atom stereocenters. The van der Waals surface area contributed by atoms with Crippen molar-refractivity contribution >= 4 is 0 Å². The van der Waals surface area contributed by atoms with Crippen molar-refractivity contribution < 1.29 is 4.74 Å². The van der Waals surface area contributed by atoms with Gasteiger partial charge in [0.25, 0.3) is 0 Å². The second-order valence-electron chi connectivity index (χ2n) is 6.35. The van der Waals surface area contributed by atoms with Gasteiger partial charge in [-0.2, -0.15) is 0 Å². The fourth-order valence-electron chi connectivity index (χ4n) is 3.54. The van der Waals surface area contributed by atoms with Gasteiger partial charge in [0, 0.05) is 6.61 Å². The molecule has 0 aromatic carbocycles. The summed E-state index contributed by atoms with van der Waals surface area (Å²) >= 11 is 0. The Hall–Kier alpha value is -0.0400. The molecule has 1 aliphatic rings. The second kappa shape index (κ2) is 6.05. The Balaban J connectivity index is 2.46. The maximum Gasteiger partial charge on any atom is 0.0629 e. The Bertz CT molecular complexity index is 198. The van der Waals surface area contributed by atoms with Crippen LogP contribution in [0.3, 0.4) is 0 Å². The molecule has 1 saturated carbocycles. The second-order valence-corrected chi connectivity index (χ2v) is 6.35.